The van der Waals surface area contributed by atoms with Gasteiger partial charge in [-0.2, -0.15) is 18.3 Å². The molecular weight excluding hydrogens is 591 g/mol. The molecular formula is C25H26BrF5N6O2. The first kappa shape index (κ1) is 28.9. The highest BCUT2D eigenvalue weighted by Crippen LogP contribution is 2.36. The average molecular weight is 617 g/mol. The van der Waals surface area contributed by atoms with Crippen molar-refractivity contribution in [2.75, 3.05) is 25.6 Å². The molecule has 4 rings (SSSR count). The minimum atomic E-state index is -4.63. The van der Waals surface area contributed by atoms with Crippen LogP contribution in [-0.4, -0.2) is 45.9 Å². The van der Waals surface area contributed by atoms with Crippen LogP contribution in [0.1, 0.15) is 47.1 Å². The smallest absolute Gasteiger partial charge is 0.383 e. The van der Waals surface area contributed by atoms with Crippen molar-refractivity contribution in [1.82, 2.24) is 25.1 Å². The lowest BCUT2D eigenvalue weighted by Gasteiger charge is -2.21. The molecule has 3 aromatic rings. The molecule has 1 aromatic carbocycles. The van der Waals surface area contributed by atoms with Crippen LogP contribution in [0.4, 0.5) is 27.9 Å². The van der Waals surface area contributed by atoms with Gasteiger partial charge >= 0.3 is 6.18 Å². The van der Waals surface area contributed by atoms with Crippen LogP contribution in [0.3, 0.4) is 0 Å². The largest absolute Gasteiger partial charge is 0.435 e. The summed E-state index contributed by atoms with van der Waals surface area (Å²) in [4.78, 5) is 21.8. The van der Waals surface area contributed by atoms with Gasteiger partial charge in [0.1, 0.15) is 18.2 Å². The van der Waals surface area contributed by atoms with Crippen molar-refractivity contribution in [1.29, 1.82) is 0 Å². The van der Waals surface area contributed by atoms with Crippen molar-refractivity contribution in [2.24, 2.45) is 0 Å². The van der Waals surface area contributed by atoms with E-state index in [1.165, 1.54) is 13.3 Å². The number of alkyl halides is 3. The van der Waals surface area contributed by atoms with E-state index >= 15 is 0 Å². The first-order valence-corrected chi connectivity index (χ1v) is 13.0. The van der Waals surface area contributed by atoms with Crippen LogP contribution < -0.4 is 10.6 Å². The molecule has 0 radical (unpaired) electrons. The van der Waals surface area contributed by atoms with Gasteiger partial charge in [0.05, 0.1) is 22.8 Å². The van der Waals surface area contributed by atoms with Crippen LogP contribution in [0.25, 0.3) is 0 Å². The third-order valence-corrected chi connectivity index (χ3v) is 6.82. The number of carbonyl (C=O) groups excluding carboxylic acids is 1. The minimum absolute atomic E-state index is 0.0570. The normalized spacial score (nSPS) is 14.1. The summed E-state index contributed by atoms with van der Waals surface area (Å²) < 4.78 is 75.1. The van der Waals surface area contributed by atoms with E-state index in [4.69, 9.17) is 4.74 Å². The molecule has 2 heterocycles. The summed E-state index contributed by atoms with van der Waals surface area (Å²) in [5.74, 6) is -1.99. The molecule has 1 aliphatic rings. The third kappa shape index (κ3) is 7.29. The lowest BCUT2D eigenvalue weighted by molar-refractivity contribution is -0.142. The zero-order valence-electron chi connectivity index (χ0n) is 20.9. The zero-order valence-corrected chi connectivity index (χ0v) is 22.5. The van der Waals surface area contributed by atoms with Crippen molar-refractivity contribution in [3.05, 3.63) is 68.7 Å². The van der Waals surface area contributed by atoms with E-state index in [1.54, 1.807) is 0 Å². The number of nitrogens with one attached hydrogen (secondary N) is 2. The van der Waals surface area contributed by atoms with Gasteiger partial charge in [-0.25, -0.2) is 18.7 Å². The summed E-state index contributed by atoms with van der Waals surface area (Å²) in [5, 5.41) is 9.47. The molecule has 39 heavy (non-hydrogen) atoms. The fraction of sp³-hybridized carbons (Fsp3) is 0.440. The molecule has 0 bridgehead atoms. The summed E-state index contributed by atoms with van der Waals surface area (Å²) in [6, 6.07) is 2.09. The maximum absolute atomic E-state index is 13.9. The summed E-state index contributed by atoms with van der Waals surface area (Å²) in [6.45, 7) is 0.315. The van der Waals surface area contributed by atoms with Gasteiger partial charge in [0.25, 0.3) is 0 Å². The van der Waals surface area contributed by atoms with E-state index in [0.29, 0.717) is 48.3 Å². The summed E-state index contributed by atoms with van der Waals surface area (Å²) >= 11 is 3.37. The molecule has 1 amide bonds. The van der Waals surface area contributed by atoms with Gasteiger partial charge in [-0.15, -0.1) is 0 Å². The standard InChI is InChI=1S/C25H26BrF5N6O2/c1-39-7-6-32-24-33-12-18(26)22(35-24)19(10-14-8-15(27)11-16(28)9-14)34-21(38)13-37-20-5-3-2-4-17(20)23(36-37)25(29,30)31/h8-9,11-12,19H,2-7,10,13H2,1H3,(H,34,38)(H,32,33,35)/t19-/m1/s1. The maximum atomic E-state index is 13.9. The highest BCUT2D eigenvalue weighted by atomic mass is 79.9. The number of fused-ring (bicyclic) bond motifs is 1. The van der Waals surface area contributed by atoms with Crippen LogP contribution in [0, 0.1) is 11.6 Å². The fourth-order valence-electron chi connectivity index (χ4n) is 4.56. The Hall–Kier alpha value is -3.13. The van der Waals surface area contributed by atoms with E-state index < -0.39 is 42.0 Å². The van der Waals surface area contributed by atoms with Crippen molar-refractivity contribution in [3.63, 3.8) is 0 Å². The Morgan fingerprint density at radius 2 is 1.90 bits per heavy atom. The van der Waals surface area contributed by atoms with Crippen molar-refractivity contribution in [2.45, 2.75) is 50.9 Å². The van der Waals surface area contributed by atoms with Crippen LogP contribution in [0.15, 0.2) is 28.9 Å². The number of anilines is 1. The lowest BCUT2D eigenvalue weighted by Crippen LogP contribution is -2.34. The quantitative estimate of drug-likeness (QED) is 0.252. The molecule has 8 nitrogen and oxygen atoms in total. The number of benzene rings is 1. The van der Waals surface area contributed by atoms with Crippen molar-refractivity contribution < 1.29 is 31.5 Å². The van der Waals surface area contributed by atoms with Gasteiger partial charge in [-0.3, -0.25) is 9.48 Å². The number of hydrogen-bond acceptors (Lipinski definition) is 6. The summed E-state index contributed by atoms with van der Waals surface area (Å²) in [5.41, 5.74) is 0.0931. The van der Waals surface area contributed by atoms with E-state index in [1.807, 2.05) is 0 Å². The van der Waals surface area contributed by atoms with Gasteiger partial charge in [-0.05, 0) is 65.7 Å². The number of amides is 1. The monoisotopic (exact) mass is 616 g/mol. The Kier molecular flexibility index (Phi) is 9.15. The Balaban J connectivity index is 1.63. The SMILES string of the molecule is COCCNc1ncc(Br)c([C@@H](Cc2cc(F)cc(F)c2)NC(=O)Cn2nc(C(F)(F)F)c3c2CCCC3)n1. The minimum Gasteiger partial charge on any atom is -0.383 e. The molecule has 0 spiro atoms. The summed E-state index contributed by atoms with van der Waals surface area (Å²) in [7, 11) is 1.54. The second-order valence-corrected chi connectivity index (χ2v) is 9.94. The van der Waals surface area contributed by atoms with Crippen LogP contribution in [-0.2, 0) is 41.5 Å². The topological polar surface area (TPSA) is 94.0 Å². The Morgan fingerprint density at radius 3 is 2.59 bits per heavy atom. The van der Waals surface area contributed by atoms with Gasteiger partial charge in [0.2, 0.25) is 11.9 Å². The highest BCUT2D eigenvalue weighted by Gasteiger charge is 2.39. The predicted octanol–water partition coefficient (Wildman–Crippen LogP) is 4.77. The molecule has 2 N–H and O–H groups in total. The molecule has 2 aromatic heterocycles. The molecule has 0 fully saturated rings. The number of aromatic nitrogens is 4. The van der Waals surface area contributed by atoms with E-state index in [-0.39, 0.29) is 29.9 Å². The fourth-order valence-corrected chi connectivity index (χ4v) is 5.03. The zero-order chi connectivity index (χ0) is 28.2. The first-order chi connectivity index (χ1) is 18.5. The Labute approximate surface area is 229 Å². The average Bonchev–Trinajstić information content (AvgIpc) is 3.23. The molecule has 0 saturated carbocycles. The maximum Gasteiger partial charge on any atom is 0.435 e. The van der Waals surface area contributed by atoms with E-state index in [2.05, 4.69) is 41.6 Å². The number of halogens is 6. The second kappa shape index (κ2) is 12.4. The number of methoxy groups -OCH3 is 1. The van der Waals surface area contributed by atoms with Crippen LogP contribution in [0.2, 0.25) is 0 Å². The van der Waals surface area contributed by atoms with Gasteiger partial charge in [0.15, 0.2) is 5.69 Å². The van der Waals surface area contributed by atoms with Crippen LogP contribution >= 0.6 is 15.9 Å². The van der Waals surface area contributed by atoms with Crippen molar-refractivity contribution >= 4 is 27.8 Å². The van der Waals surface area contributed by atoms with Crippen molar-refractivity contribution in [3.8, 4) is 0 Å². The molecule has 0 saturated heterocycles. The molecule has 0 unspecified atom stereocenters. The molecule has 210 valence electrons. The van der Waals surface area contributed by atoms with Crippen LogP contribution in [0.5, 0.6) is 0 Å². The third-order valence-electron chi connectivity index (χ3n) is 6.21. The number of ether oxygens (including phenoxy) is 1. The second-order valence-electron chi connectivity index (χ2n) is 9.08. The number of hydrogen-bond donors (Lipinski definition) is 2. The number of rotatable bonds is 10. The Morgan fingerprint density at radius 1 is 1.18 bits per heavy atom. The lowest BCUT2D eigenvalue weighted by atomic mass is 9.95. The van der Waals surface area contributed by atoms with Gasteiger partial charge in [-0.1, -0.05) is 0 Å². The first-order valence-electron chi connectivity index (χ1n) is 12.2. The van der Waals surface area contributed by atoms with E-state index in [9.17, 15) is 26.7 Å². The Bertz CT molecular complexity index is 1310. The number of carbonyl (C=O) groups is 1. The molecule has 1 aliphatic carbocycles. The highest BCUT2D eigenvalue weighted by molar-refractivity contribution is 9.10. The van der Waals surface area contributed by atoms with Gasteiger partial charge in [0, 0.05) is 37.2 Å². The number of nitrogens with zero attached hydrogens (tertiary/aromatic N) is 4. The molecule has 14 heteroatoms. The van der Waals surface area contributed by atoms with Gasteiger partial charge < -0.3 is 15.4 Å². The predicted molar refractivity (Wildman–Crippen MR) is 135 cm³/mol. The molecule has 0 aliphatic heterocycles. The summed E-state index contributed by atoms with van der Waals surface area (Å²) in [6.07, 6.45) is -1.30. The molecule has 1 atom stereocenters. The van der Waals surface area contributed by atoms with E-state index in [0.717, 1.165) is 22.9 Å².